The fourth-order valence-electron chi connectivity index (χ4n) is 5.80. The molecule has 0 bridgehead atoms. The molecule has 0 atom stereocenters. The topological polar surface area (TPSA) is 91.7 Å². The van der Waals surface area contributed by atoms with Gasteiger partial charge in [0.25, 0.3) is 0 Å². The average Bonchev–Trinajstić information content (AvgIpc) is 3.56. The molecule has 1 aliphatic rings. The van der Waals surface area contributed by atoms with Crippen molar-refractivity contribution < 1.29 is 23.8 Å². The number of ether oxygens (including phenoxy) is 3. The second-order valence-electron chi connectivity index (χ2n) is 11.3. The van der Waals surface area contributed by atoms with Crippen LogP contribution in [0.5, 0.6) is 5.75 Å². The molecular weight excluding hydrogens is 626 g/mol. The van der Waals surface area contributed by atoms with Crippen molar-refractivity contribution in [3.8, 4) is 22.7 Å². The molecule has 1 N–H and O–H groups in total. The van der Waals surface area contributed by atoms with E-state index in [9.17, 15) is 9.59 Å². The van der Waals surface area contributed by atoms with Crippen molar-refractivity contribution in [2.24, 2.45) is 0 Å². The molecule has 5 aromatic rings. The highest BCUT2D eigenvalue weighted by atomic mass is 35.5. The smallest absolute Gasteiger partial charge is 0.337 e. The summed E-state index contributed by atoms with van der Waals surface area (Å²) in [4.78, 5) is 28.2. The Bertz CT molecular complexity index is 1930. The average molecular weight is 660 g/mol. The molecule has 4 aromatic carbocycles. The Balaban J connectivity index is 1.50. The van der Waals surface area contributed by atoms with E-state index in [0.717, 1.165) is 16.8 Å². The Hall–Kier alpha value is -5.60. The molecule has 0 aliphatic carbocycles. The zero-order valence-corrected chi connectivity index (χ0v) is 27.5. The second-order valence-corrected chi connectivity index (χ2v) is 11.7. The monoisotopic (exact) mass is 659 g/mol. The molecule has 0 unspecified atom stereocenters. The van der Waals surface area contributed by atoms with E-state index >= 15 is 0 Å². The van der Waals surface area contributed by atoms with Crippen LogP contribution in [0, 0.1) is 0 Å². The van der Waals surface area contributed by atoms with Crippen LogP contribution in [0.2, 0.25) is 5.02 Å². The van der Waals surface area contributed by atoms with Crippen molar-refractivity contribution in [2.45, 2.75) is 33.0 Å². The number of hydrogen-bond donors (Lipinski definition) is 1. The molecule has 242 valence electrons. The first kappa shape index (κ1) is 32.3. The molecule has 0 fully saturated rings. The SMILES string of the molecule is COc1ccc(-c2nn(-c3ccccc3)cc2C2C(C(=O)OCc3ccccc3)=C(C)NC(C)=C2C(=O)OCc2ccccc2)cc1Cl. The van der Waals surface area contributed by atoms with E-state index < -0.39 is 17.9 Å². The lowest BCUT2D eigenvalue weighted by Gasteiger charge is -2.30. The third-order valence-electron chi connectivity index (χ3n) is 8.13. The predicted octanol–water partition coefficient (Wildman–Crippen LogP) is 7.92. The van der Waals surface area contributed by atoms with Crippen molar-refractivity contribution in [2.75, 3.05) is 7.11 Å². The number of halogens is 1. The minimum absolute atomic E-state index is 0.0594. The van der Waals surface area contributed by atoms with Gasteiger partial charge in [-0.2, -0.15) is 5.10 Å². The van der Waals surface area contributed by atoms with E-state index in [1.54, 1.807) is 37.8 Å². The highest BCUT2D eigenvalue weighted by molar-refractivity contribution is 6.32. The molecule has 1 aromatic heterocycles. The van der Waals surface area contributed by atoms with Crippen LogP contribution in [0.4, 0.5) is 0 Å². The molecule has 0 saturated heterocycles. The standard InChI is InChI=1S/C39H34ClN3O5/c1-25-34(38(44)47-23-27-13-7-4-8-14-27)36(35(26(2)41-25)39(45)48-24-28-15-9-5-10-16-28)31-22-43(30-17-11-6-12-18-30)42-37(31)29-19-20-33(46-3)32(40)21-29/h4-22,36,41H,23-24H2,1-3H3. The molecule has 1 aliphatic heterocycles. The zero-order chi connectivity index (χ0) is 33.6. The number of benzene rings is 4. The number of carbonyl (C=O) groups is 2. The summed E-state index contributed by atoms with van der Waals surface area (Å²) in [5.74, 6) is -1.53. The maximum absolute atomic E-state index is 14.1. The van der Waals surface area contributed by atoms with Crippen LogP contribution >= 0.6 is 11.6 Å². The van der Waals surface area contributed by atoms with Crippen LogP contribution in [0.3, 0.4) is 0 Å². The molecule has 6 rings (SSSR count). The Morgan fingerprint density at radius 3 is 1.79 bits per heavy atom. The molecule has 9 heteroatoms. The first-order valence-electron chi connectivity index (χ1n) is 15.4. The second kappa shape index (κ2) is 14.4. The van der Waals surface area contributed by atoms with Gasteiger partial charge in [-0.1, -0.05) is 90.5 Å². The Labute approximate surface area is 284 Å². The van der Waals surface area contributed by atoms with Gasteiger partial charge in [0.15, 0.2) is 0 Å². The van der Waals surface area contributed by atoms with E-state index in [0.29, 0.717) is 39.0 Å². The molecule has 48 heavy (non-hydrogen) atoms. The van der Waals surface area contributed by atoms with E-state index in [4.69, 9.17) is 30.9 Å². The van der Waals surface area contributed by atoms with Crippen molar-refractivity contribution in [1.29, 1.82) is 0 Å². The number of esters is 2. The number of rotatable bonds is 10. The van der Waals surface area contributed by atoms with Gasteiger partial charge in [0.2, 0.25) is 0 Å². The number of dihydropyridines is 1. The lowest BCUT2D eigenvalue weighted by Crippen LogP contribution is -2.32. The number of hydrogen-bond acceptors (Lipinski definition) is 7. The quantitative estimate of drug-likeness (QED) is 0.152. The van der Waals surface area contributed by atoms with Crippen LogP contribution in [-0.2, 0) is 32.3 Å². The van der Waals surface area contributed by atoms with Gasteiger partial charge in [-0.3, -0.25) is 0 Å². The summed E-state index contributed by atoms with van der Waals surface area (Å²) >= 11 is 6.61. The highest BCUT2D eigenvalue weighted by Gasteiger charge is 2.40. The van der Waals surface area contributed by atoms with Crippen molar-refractivity contribution in [3.63, 3.8) is 0 Å². The van der Waals surface area contributed by atoms with Gasteiger partial charge in [-0.05, 0) is 55.3 Å². The molecule has 8 nitrogen and oxygen atoms in total. The van der Waals surface area contributed by atoms with Gasteiger partial charge < -0.3 is 19.5 Å². The summed E-state index contributed by atoms with van der Waals surface area (Å²) in [6.07, 6.45) is 1.84. The summed E-state index contributed by atoms with van der Waals surface area (Å²) in [6, 6.07) is 33.9. The van der Waals surface area contributed by atoms with Crippen molar-refractivity contribution in [3.05, 3.63) is 160 Å². The minimum atomic E-state index is -0.897. The van der Waals surface area contributed by atoms with Gasteiger partial charge in [-0.15, -0.1) is 0 Å². The maximum Gasteiger partial charge on any atom is 0.337 e. The fourth-order valence-corrected chi connectivity index (χ4v) is 6.06. The first-order chi connectivity index (χ1) is 23.3. The molecule has 0 amide bonds. The minimum Gasteiger partial charge on any atom is -0.495 e. The van der Waals surface area contributed by atoms with Crippen LogP contribution in [0.15, 0.2) is 138 Å². The first-order valence-corrected chi connectivity index (χ1v) is 15.8. The Kier molecular flexibility index (Phi) is 9.73. The van der Waals surface area contributed by atoms with E-state index in [-0.39, 0.29) is 24.4 Å². The third kappa shape index (κ3) is 6.89. The lowest BCUT2D eigenvalue weighted by molar-refractivity contribution is -0.141. The number of methoxy groups -OCH3 is 1. The van der Waals surface area contributed by atoms with Gasteiger partial charge in [-0.25, -0.2) is 14.3 Å². The van der Waals surface area contributed by atoms with E-state index in [1.165, 1.54) is 0 Å². The van der Waals surface area contributed by atoms with Crippen molar-refractivity contribution >= 4 is 23.5 Å². The molecule has 2 heterocycles. The predicted molar refractivity (Wildman–Crippen MR) is 184 cm³/mol. The Morgan fingerprint density at radius 1 is 0.771 bits per heavy atom. The van der Waals surface area contributed by atoms with Gasteiger partial charge in [0, 0.05) is 28.7 Å². The van der Waals surface area contributed by atoms with Crippen LogP contribution in [0.1, 0.15) is 36.5 Å². The van der Waals surface area contributed by atoms with Gasteiger partial charge in [0.1, 0.15) is 19.0 Å². The molecule has 0 saturated carbocycles. The molecular formula is C39H34ClN3O5. The fraction of sp³-hybridized carbons (Fsp3) is 0.154. The Morgan fingerprint density at radius 2 is 1.29 bits per heavy atom. The number of carbonyl (C=O) groups excluding carboxylic acids is 2. The van der Waals surface area contributed by atoms with Crippen LogP contribution in [0.25, 0.3) is 16.9 Å². The largest absolute Gasteiger partial charge is 0.495 e. The summed E-state index contributed by atoms with van der Waals surface area (Å²) < 4.78 is 18.9. The number of aromatic nitrogens is 2. The molecule has 0 radical (unpaired) electrons. The van der Waals surface area contributed by atoms with E-state index in [2.05, 4.69) is 5.32 Å². The summed E-state index contributed by atoms with van der Waals surface area (Å²) in [5, 5.41) is 8.64. The maximum atomic E-state index is 14.1. The van der Waals surface area contributed by atoms with Crippen molar-refractivity contribution in [1.82, 2.24) is 15.1 Å². The van der Waals surface area contributed by atoms with E-state index in [1.807, 2.05) is 103 Å². The number of allylic oxidation sites excluding steroid dienone is 2. The summed E-state index contributed by atoms with van der Waals surface area (Å²) in [6.45, 7) is 3.72. The third-order valence-corrected chi connectivity index (χ3v) is 8.42. The number of nitrogens with one attached hydrogen (secondary N) is 1. The van der Waals surface area contributed by atoms with Gasteiger partial charge in [0.05, 0.1) is 40.6 Å². The number of nitrogens with zero attached hydrogens (tertiary/aromatic N) is 2. The van der Waals surface area contributed by atoms with Crippen LogP contribution < -0.4 is 10.1 Å². The zero-order valence-electron chi connectivity index (χ0n) is 26.8. The highest BCUT2D eigenvalue weighted by Crippen LogP contribution is 2.44. The number of para-hydroxylation sites is 1. The lowest BCUT2D eigenvalue weighted by atomic mass is 9.79. The summed E-state index contributed by atoms with van der Waals surface area (Å²) in [5.41, 5.74) is 5.93. The summed E-state index contributed by atoms with van der Waals surface area (Å²) in [7, 11) is 1.55. The normalized spacial score (nSPS) is 13.2. The van der Waals surface area contributed by atoms with Crippen LogP contribution in [-0.4, -0.2) is 28.8 Å². The van der Waals surface area contributed by atoms with Gasteiger partial charge >= 0.3 is 11.9 Å². The molecule has 0 spiro atoms.